The lowest BCUT2D eigenvalue weighted by Crippen LogP contribution is -2.28. The lowest BCUT2D eigenvalue weighted by Gasteiger charge is -2.25. The van der Waals surface area contributed by atoms with Crippen molar-refractivity contribution in [3.05, 3.63) is 23.2 Å². The fraction of sp³-hybridized carbons (Fsp3) is 0.733. The minimum atomic E-state index is 0.500. The van der Waals surface area contributed by atoms with Crippen LogP contribution in [-0.4, -0.2) is 24.0 Å². The van der Waals surface area contributed by atoms with Crippen LogP contribution in [0.4, 0.5) is 0 Å². The van der Waals surface area contributed by atoms with Gasteiger partial charge in [-0.05, 0) is 44.5 Å². The topological polar surface area (TPSA) is 28.4 Å². The Morgan fingerprint density at radius 3 is 2.67 bits per heavy atom. The second-order valence-electron chi connectivity index (χ2n) is 5.69. The van der Waals surface area contributed by atoms with Crippen molar-refractivity contribution >= 4 is 0 Å². The fourth-order valence-electron chi connectivity index (χ4n) is 2.48. The summed E-state index contributed by atoms with van der Waals surface area (Å²) in [6, 6.07) is 2.70. The Kier molecular flexibility index (Phi) is 4.84. The monoisotopic (exact) mass is 250 g/mol. The molecule has 0 unspecified atom stereocenters. The molecule has 1 fully saturated rings. The van der Waals surface area contributed by atoms with Crippen LogP contribution in [0.5, 0.6) is 0 Å². The Hall–Kier alpha value is -0.800. The standard InChI is InChI=1S/C15H26N2O/c1-12(2)16-10-15-13(3)9-14(18-15)11-17-7-5-4-6-8-17/h9,12,16H,4-8,10-11H2,1-3H3. The number of rotatable bonds is 5. The third-order valence-electron chi connectivity index (χ3n) is 3.57. The maximum absolute atomic E-state index is 5.96. The molecule has 0 saturated carbocycles. The summed E-state index contributed by atoms with van der Waals surface area (Å²) < 4.78 is 5.96. The van der Waals surface area contributed by atoms with Gasteiger partial charge in [0.1, 0.15) is 11.5 Å². The first-order valence-corrected chi connectivity index (χ1v) is 7.19. The highest BCUT2D eigenvalue weighted by Gasteiger charge is 2.14. The number of piperidine rings is 1. The van der Waals surface area contributed by atoms with Crippen LogP contribution in [-0.2, 0) is 13.1 Å². The SMILES string of the molecule is Cc1cc(CN2CCCCC2)oc1CNC(C)C. The molecule has 0 radical (unpaired) electrons. The maximum Gasteiger partial charge on any atom is 0.120 e. The molecular weight excluding hydrogens is 224 g/mol. The van der Waals surface area contributed by atoms with Gasteiger partial charge < -0.3 is 9.73 Å². The van der Waals surface area contributed by atoms with Crippen LogP contribution in [0.15, 0.2) is 10.5 Å². The van der Waals surface area contributed by atoms with E-state index in [1.54, 1.807) is 0 Å². The number of likely N-dealkylation sites (tertiary alicyclic amines) is 1. The van der Waals surface area contributed by atoms with Crippen LogP contribution in [0.3, 0.4) is 0 Å². The highest BCUT2D eigenvalue weighted by molar-refractivity contribution is 5.20. The molecule has 0 atom stereocenters. The van der Waals surface area contributed by atoms with Gasteiger partial charge in [-0.3, -0.25) is 4.90 Å². The molecule has 0 aliphatic carbocycles. The van der Waals surface area contributed by atoms with E-state index >= 15 is 0 Å². The van der Waals surface area contributed by atoms with E-state index in [-0.39, 0.29) is 0 Å². The van der Waals surface area contributed by atoms with E-state index in [1.165, 1.54) is 37.9 Å². The van der Waals surface area contributed by atoms with Crippen LogP contribution in [0.25, 0.3) is 0 Å². The van der Waals surface area contributed by atoms with Crippen LogP contribution >= 0.6 is 0 Å². The highest BCUT2D eigenvalue weighted by atomic mass is 16.3. The summed E-state index contributed by atoms with van der Waals surface area (Å²) in [6.07, 6.45) is 4.06. The van der Waals surface area contributed by atoms with Crippen molar-refractivity contribution in [3.8, 4) is 0 Å². The van der Waals surface area contributed by atoms with Crippen molar-refractivity contribution in [1.29, 1.82) is 0 Å². The number of nitrogens with one attached hydrogen (secondary N) is 1. The third-order valence-corrected chi connectivity index (χ3v) is 3.57. The Labute approximate surface area is 111 Å². The van der Waals surface area contributed by atoms with Crippen molar-refractivity contribution < 1.29 is 4.42 Å². The Balaban J connectivity index is 1.90. The van der Waals surface area contributed by atoms with E-state index < -0.39 is 0 Å². The van der Waals surface area contributed by atoms with Gasteiger partial charge in [0.05, 0.1) is 13.1 Å². The molecule has 1 aliphatic rings. The van der Waals surface area contributed by atoms with Crippen LogP contribution in [0.1, 0.15) is 50.2 Å². The number of aryl methyl sites for hydroxylation is 1. The molecule has 1 aliphatic heterocycles. The van der Waals surface area contributed by atoms with Crippen molar-refractivity contribution in [3.63, 3.8) is 0 Å². The van der Waals surface area contributed by atoms with Gasteiger partial charge in [-0.15, -0.1) is 0 Å². The van der Waals surface area contributed by atoms with E-state index in [0.717, 1.165) is 24.6 Å². The number of hydrogen-bond donors (Lipinski definition) is 1. The average molecular weight is 250 g/mol. The van der Waals surface area contributed by atoms with Crippen LogP contribution in [0, 0.1) is 6.92 Å². The summed E-state index contributed by atoms with van der Waals surface area (Å²) in [6.45, 7) is 10.7. The summed E-state index contributed by atoms with van der Waals surface area (Å²) in [4.78, 5) is 2.50. The summed E-state index contributed by atoms with van der Waals surface area (Å²) in [5.74, 6) is 2.21. The van der Waals surface area contributed by atoms with E-state index in [2.05, 4.69) is 37.1 Å². The summed E-state index contributed by atoms with van der Waals surface area (Å²) >= 11 is 0. The Morgan fingerprint density at radius 1 is 1.28 bits per heavy atom. The molecular formula is C15H26N2O. The number of hydrogen-bond acceptors (Lipinski definition) is 3. The van der Waals surface area contributed by atoms with E-state index in [4.69, 9.17) is 4.42 Å². The molecule has 0 spiro atoms. The normalized spacial score (nSPS) is 17.6. The Bertz CT molecular complexity index is 365. The highest BCUT2D eigenvalue weighted by Crippen LogP contribution is 2.18. The second kappa shape index (κ2) is 6.39. The molecule has 1 aromatic rings. The first kappa shape index (κ1) is 13.6. The number of nitrogens with zero attached hydrogens (tertiary/aromatic N) is 1. The zero-order valence-electron chi connectivity index (χ0n) is 12.0. The van der Waals surface area contributed by atoms with Crippen molar-refractivity contribution in [1.82, 2.24) is 10.2 Å². The lowest BCUT2D eigenvalue weighted by atomic mass is 10.1. The molecule has 3 nitrogen and oxygen atoms in total. The van der Waals surface area contributed by atoms with Gasteiger partial charge in [-0.2, -0.15) is 0 Å². The molecule has 3 heteroatoms. The zero-order valence-corrected chi connectivity index (χ0v) is 12.0. The minimum Gasteiger partial charge on any atom is -0.463 e. The van der Waals surface area contributed by atoms with Gasteiger partial charge in [0.2, 0.25) is 0 Å². The first-order valence-electron chi connectivity index (χ1n) is 7.19. The molecule has 1 saturated heterocycles. The zero-order chi connectivity index (χ0) is 13.0. The van der Waals surface area contributed by atoms with Crippen LogP contribution < -0.4 is 5.32 Å². The van der Waals surface area contributed by atoms with Gasteiger partial charge in [-0.25, -0.2) is 0 Å². The lowest BCUT2D eigenvalue weighted by molar-refractivity contribution is 0.203. The second-order valence-corrected chi connectivity index (χ2v) is 5.69. The predicted octanol–water partition coefficient (Wildman–Crippen LogP) is 3.07. The molecule has 0 amide bonds. The van der Waals surface area contributed by atoms with E-state index in [1.807, 2.05) is 0 Å². The molecule has 1 N–H and O–H groups in total. The van der Waals surface area contributed by atoms with Gasteiger partial charge in [0.25, 0.3) is 0 Å². The smallest absolute Gasteiger partial charge is 0.120 e. The number of furan rings is 1. The van der Waals surface area contributed by atoms with Crippen molar-refractivity contribution in [2.24, 2.45) is 0 Å². The minimum absolute atomic E-state index is 0.500. The summed E-state index contributed by atoms with van der Waals surface area (Å²) in [5, 5.41) is 3.41. The van der Waals surface area contributed by atoms with E-state index in [9.17, 15) is 0 Å². The van der Waals surface area contributed by atoms with Crippen LogP contribution in [0.2, 0.25) is 0 Å². The molecule has 0 bridgehead atoms. The maximum atomic E-state index is 5.96. The fourth-order valence-corrected chi connectivity index (χ4v) is 2.48. The largest absolute Gasteiger partial charge is 0.463 e. The molecule has 102 valence electrons. The molecule has 0 aromatic carbocycles. The summed E-state index contributed by atoms with van der Waals surface area (Å²) in [7, 11) is 0. The van der Waals surface area contributed by atoms with Gasteiger partial charge >= 0.3 is 0 Å². The quantitative estimate of drug-likeness (QED) is 0.870. The molecule has 2 heterocycles. The average Bonchev–Trinajstić information content (AvgIpc) is 2.68. The molecule has 1 aromatic heterocycles. The summed E-state index contributed by atoms with van der Waals surface area (Å²) in [5.41, 5.74) is 1.27. The van der Waals surface area contributed by atoms with Crippen molar-refractivity contribution in [2.45, 2.75) is 59.2 Å². The van der Waals surface area contributed by atoms with E-state index in [0.29, 0.717) is 6.04 Å². The van der Waals surface area contributed by atoms with Gasteiger partial charge in [-0.1, -0.05) is 20.3 Å². The van der Waals surface area contributed by atoms with Crippen molar-refractivity contribution in [2.75, 3.05) is 13.1 Å². The molecule has 18 heavy (non-hydrogen) atoms. The predicted molar refractivity (Wildman–Crippen MR) is 74.5 cm³/mol. The Morgan fingerprint density at radius 2 is 2.00 bits per heavy atom. The first-order chi connectivity index (χ1) is 8.65. The molecule has 2 rings (SSSR count). The van der Waals surface area contributed by atoms with Gasteiger partial charge in [0, 0.05) is 6.04 Å². The van der Waals surface area contributed by atoms with Gasteiger partial charge in [0.15, 0.2) is 0 Å². The third kappa shape index (κ3) is 3.85.